The summed E-state index contributed by atoms with van der Waals surface area (Å²) in [5.41, 5.74) is 1.06. The van der Waals surface area contributed by atoms with Gasteiger partial charge in [-0.15, -0.1) is 0 Å². The van der Waals surface area contributed by atoms with E-state index in [0.29, 0.717) is 42.2 Å². The average molecular weight is 321 g/mol. The number of aromatic nitrogens is 2. The highest BCUT2D eigenvalue weighted by Crippen LogP contribution is 2.38. The summed E-state index contributed by atoms with van der Waals surface area (Å²) in [5.74, 6) is 1.98. The van der Waals surface area contributed by atoms with Crippen LogP contribution in [0.3, 0.4) is 0 Å². The van der Waals surface area contributed by atoms with Gasteiger partial charge in [0.15, 0.2) is 11.5 Å². The highest BCUT2D eigenvalue weighted by Gasteiger charge is 2.16. The van der Waals surface area contributed by atoms with Crippen LogP contribution in [0.5, 0.6) is 11.5 Å². The smallest absolute Gasteiger partial charge is 0.222 e. The van der Waals surface area contributed by atoms with E-state index in [1.54, 1.807) is 18.5 Å². The standard InChI is InChI=1S/C15H17ClN4O2/c16-12-8-11(9-13-14(12)22-7-6-21-13)10-17-4-5-20-15-18-2-1-3-19-15/h1-3,8-9,17H,4-7,10H2,(H,18,19,20). The van der Waals surface area contributed by atoms with Crippen molar-refractivity contribution in [1.29, 1.82) is 0 Å². The van der Waals surface area contributed by atoms with Gasteiger partial charge in [-0.1, -0.05) is 11.6 Å². The molecule has 0 aliphatic carbocycles. The van der Waals surface area contributed by atoms with Crippen LogP contribution >= 0.6 is 11.6 Å². The van der Waals surface area contributed by atoms with Gasteiger partial charge in [0.1, 0.15) is 13.2 Å². The molecule has 0 spiro atoms. The van der Waals surface area contributed by atoms with Crippen molar-refractivity contribution >= 4 is 17.5 Å². The number of nitrogens with one attached hydrogen (secondary N) is 2. The lowest BCUT2D eigenvalue weighted by Gasteiger charge is -2.20. The van der Waals surface area contributed by atoms with Crippen LogP contribution in [0.4, 0.5) is 5.95 Å². The topological polar surface area (TPSA) is 68.3 Å². The fourth-order valence-electron chi connectivity index (χ4n) is 2.15. The van der Waals surface area contributed by atoms with Crippen LogP contribution in [-0.2, 0) is 6.54 Å². The zero-order chi connectivity index (χ0) is 15.2. The van der Waals surface area contributed by atoms with E-state index in [9.17, 15) is 0 Å². The molecule has 116 valence electrons. The van der Waals surface area contributed by atoms with Crippen LogP contribution in [0.2, 0.25) is 5.02 Å². The number of halogens is 1. The molecule has 0 radical (unpaired) electrons. The summed E-state index contributed by atoms with van der Waals surface area (Å²) in [5, 5.41) is 7.06. The van der Waals surface area contributed by atoms with Gasteiger partial charge in [0, 0.05) is 32.0 Å². The second kappa shape index (κ2) is 7.29. The number of rotatable bonds is 6. The normalized spacial score (nSPS) is 13.0. The highest BCUT2D eigenvalue weighted by atomic mass is 35.5. The monoisotopic (exact) mass is 320 g/mol. The van der Waals surface area contributed by atoms with Crippen LogP contribution in [0.1, 0.15) is 5.56 Å². The summed E-state index contributed by atoms with van der Waals surface area (Å²) in [4.78, 5) is 8.19. The van der Waals surface area contributed by atoms with Crippen molar-refractivity contribution in [2.24, 2.45) is 0 Å². The van der Waals surface area contributed by atoms with E-state index in [1.807, 2.05) is 12.1 Å². The molecule has 0 fully saturated rings. The number of hydrogen-bond donors (Lipinski definition) is 2. The molecule has 22 heavy (non-hydrogen) atoms. The van der Waals surface area contributed by atoms with E-state index in [2.05, 4.69) is 20.6 Å². The second-order valence-electron chi connectivity index (χ2n) is 4.78. The summed E-state index contributed by atoms with van der Waals surface area (Å²) in [6.07, 6.45) is 3.42. The van der Waals surface area contributed by atoms with Crippen LogP contribution in [0.25, 0.3) is 0 Å². The molecule has 1 aliphatic heterocycles. The third kappa shape index (κ3) is 3.78. The lowest BCUT2D eigenvalue weighted by atomic mass is 10.2. The Kier molecular flexibility index (Phi) is 4.92. The van der Waals surface area contributed by atoms with Crippen molar-refractivity contribution in [3.05, 3.63) is 41.2 Å². The molecule has 6 nitrogen and oxygen atoms in total. The Balaban J connectivity index is 1.47. The van der Waals surface area contributed by atoms with Crippen LogP contribution < -0.4 is 20.1 Å². The first-order valence-electron chi connectivity index (χ1n) is 7.12. The fraction of sp³-hybridized carbons (Fsp3) is 0.333. The predicted octanol–water partition coefficient (Wildman–Crippen LogP) is 2.10. The molecule has 0 saturated carbocycles. The van der Waals surface area contributed by atoms with E-state index in [-0.39, 0.29) is 0 Å². The summed E-state index contributed by atoms with van der Waals surface area (Å²) in [7, 11) is 0. The van der Waals surface area contributed by atoms with E-state index in [4.69, 9.17) is 21.1 Å². The number of fused-ring (bicyclic) bond motifs is 1. The molecule has 3 rings (SSSR count). The third-order valence-electron chi connectivity index (χ3n) is 3.14. The van der Waals surface area contributed by atoms with Gasteiger partial charge in [0.05, 0.1) is 5.02 Å². The zero-order valence-electron chi connectivity index (χ0n) is 12.0. The van der Waals surface area contributed by atoms with Gasteiger partial charge in [0.25, 0.3) is 0 Å². The minimum atomic E-state index is 0.539. The Morgan fingerprint density at radius 3 is 2.77 bits per heavy atom. The number of nitrogens with zero attached hydrogens (tertiary/aromatic N) is 2. The molecule has 2 heterocycles. The van der Waals surface area contributed by atoms with E-state index < -0.39 is 0 Å². The van der Waals surface area contributed by atoms with Gasteiger partial charge in [-0.2, -0.15) is 0 Å². The summed E-state index contributed by atoms with van der Waals surface area (Å²) < 4.78 is 11.1. The fourth-order valence-corrected chi connectivity index (χ4v) is 2.44. The summed E-state index contributed by atoms with van der Waals surface area (Å²) in [6.45, 7) is 3.32. The maximum absolute atomic E-state index is 6.21. The van der Waals surface area contributed by atoms with Gasteiger partial charge in [-0.25, -0.2) is 9.97 Å². The molecule has 1 aromatic heterocycles. The molecule has 0 atom stereocenters. The van der Waals surface area contributed by atoms with Crippen molar-refractivity contribution in [3.8, 4) is 11.5 Å². The molecule has 0 saturated heterocycles. The molecular formula is C15H17ClN4O2. The molecule has 1 aromatic carbocycles. The molecule has 2 N–H and O–H groups in total. The van der Waals surface area contributed by atoms with Crippen LogP contribution in [0, 0.1) is 0 Å². The Morgan fingerprint density at radius 1 is 1.09 bits per heavy atom. The quantitative estimate of drug-likeness (QED) is 0.795. The van der Waals surface area contributed by atoms with Crippen molar-refractivity contribution in [3.63, 3.8) is 0 Å². The molecule has 1 aliphatic rings. The minimum Gasteiger partial charge on any atom is -0.486 e. The predicted molar refractivity (Wildman–Crippen MR) is 84.7 cm³/mol. The van der Waals surface area contributed by atoms with E-state index >= 15 is 0 Å². The Bertz CT molecular complexity index is 624. The van der Waals surface area contributed by atoms with Gasteiger partial charge >= 0.3 is 0 Å². The number of benzene rings is 1. The first-order chi connectivity index (χ1) is 10.8. The average Bonchev–Trinajstić information content (AvgIpc) is 2.56. The molecular weight excluding hydrogens is 304 g/mol. The Morgan fingerprint density at radius 2 is 1.91 bits per heavy atom. The zero-order valence-corrected chi connectivity index (χ0v) is 12.8. The maximum atomic E-state index is 6.21. The molecule has 0 unspecified atom stereocenters. The number of hydrogen-bond acceptors (Lipinski definition) is 6. The van der Waals surface area contributed by atoms with Gasteiger partial charge < -0.3 is 20.1 Å². The first kappa shape index (κ1) is 14.9. The van der Waals surface area contributed by atoms with Crippen molar-refractivity contribution in [2.45, 2.75) is 6.54 Å². The number of anilines is 1. The van der Waals surface area contributed by atoms with Crippen LogP contribution in [-0.4, -0.2) is 36.3 Å². The van der Waals surface area contributed by atoms with Gasteiger partial charge in [0.2, 0.25) is 5.95 Å². The Hall–Kier alpha value is -2.05. The maximum Gasteiger partial charge on any atom is 0.222 e. The lowest BCUT2D eigenvalue weighted by Crippen LogP contribution is -2.22. The van der Waals surface area contributed by atoms with Crippen molar-refractivity contribution in [1.82, 2.24) is 15.3 Å². The SMILES string of the molecule is Clc1cc(CNCCNc2ncccn2)cc2c1OCCO2. The number of ether oxygens (including phenoxy) is 2. The van der Waals surface area contributed by atoms with Crippen molar-refractivity contribution in [2.75, 3.05) is 31.6 Å². The largest absolute Gasteiger partial charge is 0.486 e. The van der Waals surface area contributed by atoms with E-state index in [1.165, 1.54) is 0 Å². The summed E-state index contributed by atoms with van der Waals surface area (Å²) in [6, 6.07) is 5.64. The summed E-state index contributed by atoms with van der Waals surface area (Å²) >= 11 is 6.21. The molecule has 7 heteroatoms. The first-order valence-corrected chi connectivity index (χ1v) is 7.50. The second-order valence-corrected chi connectivity index (χ2v) is 5.18. The molecule has 0 bridgehead atoms. The van der Waals surface area contributed by atoms with Gasteiger partial charge in [-0.05, 0) is 23.8 Å². The molecule has 2 aromatic rings. The van der Waals surface area contributed by atoms with Gasteiger partial charge in [-0.3, -0.25) is 0 Å². The van der Waals surface area contributed by atoms with Crippen molar-refractivity contribution < 1.29 is 9.47 Å². The Labute approximate surface area is 133 Å². The van der Waals surface area contributed by atoms with Crippen LogP contribution in [0.15, 0.2) is 30.6 Å². The third-order valence-corrected chi connectivity index (χ3v) is 3.42. The lowest BCUT2D eigenvalue weighted by molar-refractivity contribution is 0.171. The highest BCUT2D eigenvalue weighted by molar-refractivity contribution is 6.32. The minimum absolute atomic E-state index is 0.539. The van der Waals surface area contributed by atoms with E-state index in [0.717, 1.165) is 18.7 Å². The molecule has 0 amide bonds.